The third-order valence-electron chi connectivity index (χ3n) is 5.41. The highest BCUT2D eigenvalue weighted by Gasteiger charge is 2.52. The number of nitro groups is 1. The van der Waals surface area contributed by atoms with Crippen LogP contribution >= 0.6 is 15.9 Å². The van der Waals surface area contributed by atoms with Crippen LogP contribution in [0.1, 0.15) is 31.2 Å². The average Bonchev–Trinajstić information content (AvgIpc) is 2.83. The summed E-state index contributed by atoms with van der Waals surface area (Å²) in [5.74, 6) is 1.12. The largest absolute Gasteiger partial charge is 1.00 e. The summed E-state index contributed by atoms with van der Waals surface area (Å²) in [5, 5.41) is 22.7. The van der Waals surface area contributed by atoms with E-state index in [1.165, 1.54) is 12.1 Å². The second-order valence-electron chi connectivity index (χ2n) is 7.06. The average molecular weight is 511 g/mol. The molecule has 1 N–H and O–H groups in total. The Balaban J connectivity index is 0.00000225. The van der Waals surface area contributed by atoms with Gasteiger partial charge in [-0.2, -0.15) is 0 Å². The quantitative estimate of drug-likeness (QED) is 0.380. The van der Waals surface area contributed by atoms with E-state index >= 15 is 0 Å². The van der Waals surface area contributed by atoms with Gasteiger partial charge in [-0.15, -0.1) is 0 Å². The molecule has 2 aliphatic rings. The van der Waals surface area contributed by atoms with Crippen LogP contribution in [0.2, 0.25) is 0 Å². The normalized spacial score (nSPS) is 21.7. The van der Waals surface area contributed by atoms with Gasteiger partial charge in [0, 0.05) is 28.6 Å². The molecule has 6 nitrogen and oxygen atoms in total. The zero-order valence-electron chi connectivity index (χ0n) is 15.2. The van der Waals surface area contributed by atoms with E-state index in [2.05, 4.69) is 25.4 Å². The summed E-state index contributed by atoms with van der Waals surface area (Å²) in [6.07, 6.45) is 4.15. The molecule has 0 aromatic heterocycles. The van der Waals surface area contributed by atoms with Crippen molar-refractivity contribution >= 4 is 33.1 Å². The van der Waals surface area contributed by atoms with E-state index in [1.807, 2.05) is 24.3 Å². The van der Waals surface area contributed by atoms with Gasteiger partial charge < -0.3 is 22.1 Å². The maximum Gasteiger partial charge on any atom is 0.271 e. The number of benzene rings is 2. The fourth-order valence-electron chi connectivity index (χ4n) is 4.03. The lowest BCUT2D eigenvalue weighted by molar-refractivity contribution is -0.658. The molecule has 0 fully saturated rings. The summed E-state index contributed by atoms with van der Waals surface area (Å²) in [6.45, 7) is 1.18. The van der Waals surface area contributed by atoms with Crippen LogP contribution < -0.4 is 21.9 Å². The van der Waals surface area contributed by atoms with Gasteiger partial charge in [-0.3, -0.25) is 10.1 Å². The van der Waals surface area contributed by atoms with Crippen molar-refractivity contribution in [1.29, 1.82) is 0 Å². The summed E-state index contributed by atoms with van der Waals surface area (Å²) >= 11 is 3.47. The molecule has 2 aliphatic heterocycles. The molecule has 0 saturated heterocycles. The maximum absolute atomic E-state index is 11.7. The van der Waals surface area contributed by atoms with E-state index in [9.17, 15) is 15.2 Å². The summed E-state index contributed by atoms with van der Waals surface area (Å²) in [4.78, 5) is 12.7. The first-order chi connectivity index (χ1) is 13.0. The highest BCUT2D eigenvalue weighted by Crippen LogP contribution is 2.36. The number of nitrogens with zero attached hydrogens (tertiary/aromatic N) is 3. The van der Waals surface area contributed by atoms with Crippen molar-refractivity contribution in [3.05, 3.63) is 68.7 Å². The number of amidine groups is 1. The third kappa shape index (κ3) is 3.73. The van der Waals surface area contributed by atoms with Crippen LogP contribution in [0.25, 0.3) is 0 Å². The molecule has 2 aromatic carbocycles. The third-order valence-corrected chi connectivity index (χ3v) is 5.94. The number of hydrogen-bond acceptors (Lipinski definition) is 4. The molecule has 0 bridgehead atoms. The van der Waals surface area contributed by atoms with Gasteiger partial charge in [-0.1, -0.05) is 15.9 Å². The molecule has 148 valence electrons. The van der Waals surface area contributed by atoms with E-state index in [1.54, 1.807) is 12.1 Å². The van der Waals surface area contributed by atoms with E-state index in [4.69, 9.17) is 0 Å². The van der Waals surface area contributed by atoms with E-state index in [0.29, 0.717) is 12.1 Å². The van der Waals surface area contributed by atoms with Crippen LogP contribution in [0.15, 0.2) is 53.0 Å². The molecule has 1 unspecified atom stereocenters. The first-order valence-electron chi connectivity index (χ1n) is 9.13. The molecule has 0 radical (unpaired) electrons. The Labute approximate surface area is 182 Å². The predicted molar refractivity (Wildman–Crippen MR) is 107 cm³/mol. The Bertz CT molecular complexity index is 900. The molecule has 2 heterocycles. The lowest BCUT2D eigenvalue weighted by Gasteiger charge is -2.23. The van der Waals surface area contributed by atoms with Crippen molar-refractivity contribution in [2.75, 3.05) is 18.0 Å². The number of rotatable bonds is 3. The fourth-order valence-corrected chi connectivity index (χ4v) is 4.29. The maximum atomic E-state index is 11.7. The van der Waals surface area contributed by atoms with Gasteiger partial charge in [0.15, 0.2) is 6.54 Å². The summed E-state index contributed by atoms with van der Waals surface area (Å²) < 4.78 is 3.10. The molecule has 0 amide bonds. The SMILES string of the molecule is O=[N+]([O-])c1ccc(C2(O)CN(c3ccc(Br)cc3)C3=[N+]2CCCCC3)cc1.[Br-]. The van der Waals surface area contributed by atoms with Crippen LogP contribution in [0.3, 0.4) is 0 Å². The topological polar surface area (TPSA) is 69.6 Å². The Kier molecular flexibility index (Phi) is 6.21. The minimum Gasteiger partial charge on any atom is -1.00 e. The fraction of sp³-hybridized carbons (Fsp3) is 0.350. The van der Waals surface area contributed by atoms with Crippen LogP contribution in [0, 0.1) is 10.1 Å². The second-order valence-corrected chi connectivity index (χ2v) is 7.98. The highest BCUT2D eigenvalue weighted by molar-refractivity contribution is 9.10. The van der Waals surface area contributed by atoms with Gasteiger partial charge in [0.05, 0.1) is 11.5 Å². The number of β-amino-alcohol motifs (C(OH)–C–C–N with tert-alkyl or cyclic N) is 1. The van der Waals surface area contributed by atoms with Gasteiger partial charge in [0.1, 0.15) is 5.69 Å². The van der Waals surface area contributed by atoms with E-state index in [-0.39, 0.29) is 22.7 Å². The standard InChI is InChI=1S/C20H21BrN3O3.BrH/c21-16-7-11-17(12-8-16)22-14-20(25,23-13-3-1-2-4-19(22)23)15-5-9-18(10-6-15)24(26)27;/h5-12,25H,1-4,13-14H2;1H/q+1;/p-1. The van der Waals surface area contributed by atoms with Crippen LogP contribution in [-0.2, 0) is 5.72 Å². The predicted octanol–water partition coefficient (Wildman–Crippen LogP) is 1.01. The molecule has 0 saturated carbocycles. The molecular weight excluding hydrogens is 490 g/mol. The summed E-state index contributed by atoms with van der Waals surface area (Å²) in [5.41, 5.74) is 0.567. The van der Waals surface area contributed by atoms with Crippen molar-refractivity contribution in [2.24, 2.45) is 0 Å². The van der Waals surface area contributed by atoms with Gasteiger partial charge in [0.2, 0.25) is 0 Å². The first-order valence-corrected chi connectivity index (χ1v) is 9.92. The molecule has 8 heteroatoms. The number of halogens is 2. The lowest BCUT2D eigenvalue weighted by atomic mass is 10.0. The van der Waals surface area contributed by atoms with Crippen LogP contribution in [-0.4, -0.2) is 33.5 Å². The Hall–Kier alpha value is -1.77. The highest BCUT2D eigenvalue weighted by atomic mass is 79.9. The molecule has 2 aromatic rings. The number of non-ortho nitro benzene ring substituents is 1. The Morgan fingerprint density at radius 1 is 1.07 bits per heavy atom. The molecule has 28 heavy (non-hydrogen) atoms. The number of nitro benzene ring substituents is 1. The monoisotopic (exact) mass is 509 g/mol. The summed E-state index contributed by atoms with van der Waals surface area (Å²) in [6, 6.07) is 14.4. The van der Waals surface area contributed by atoms with Crippen molar-refractivity contribution in [3.8, 4) is 0 Å². The molecule has 0 aliphatic carbocycles. The smallest absolute Gasteiger partial charge is 0.271 e. The zero-order chi connectivity index (χ0) is 19.0. The molecule has 0 spiro atoms. The Morgan fingerprint density at radius 2 is 1.75 bits per heavy atom. The lowest BCUT2D eigenvalue weighted by Crippen LogP contribution is -3.00. The molecular formula is C20H21Br2N3O3. The van der Waals surface area contributed by atoms with Crippen LogP contribution in [0.5, 0.6) is 0 Å². The van der Waals surface area contributed by atoms with E-state index < -0.39 is 10.6 Å². The minimum absolute atomic E-state index is 0. The molecule has 4 rings (SSSR count). The first kappa shape index (κ1) is 21.0. The van der Waals surface area contributed by atoms with Crippen molar-refractivity contribution in [1.82, 2.24) is 0 Å². The van der Waals surface area contributed by atoms with Gasteiger partial charge in [0.25, 0.3) is 17.2 Å². The minimum atomic E-state index is -1.19. The van der Waals surface area contributed by atoms with Crippen molar-refractivity contribution in [3.63, 3.8) is 0 Å². The number of hydrogen-bond donors (Lipinski definition) is 1. The van der Waals surface area contributed by atoms with Gasteiger partial charge in [-0.05, 0) is 55.7 Å². The molecule has 1 atom stereocenters. The zero-order valence-corrected chi connectivity index (χ0v) is 18.4. The Morgan fingerprint density at radius 3 is 2.39 bits per heavy atom. The van der Waals surface area contributed by atoms with Crippen molar-refractivity contribution < 1.29 is 31.6 Å². The van der Waals surface area contributed by atoms with E-state index in [0.717, 1.165) is 48.2 Å². The van der Waals surface area contributed by atoms with Crippen LogP contribution in [0.4, 0.5) is 11.4 Å². The number of anilines is 1. The summed E-state index contributed by atoms with van der Waals surface area (Å²) in [7, 11) is 0. The van der Waals surface area contributed by atoms with Gasteiger partial charge >= 0.3 is 0 Å². The second kappa shape index (κ2) is 8.31. The number of aliphatic hydroxyl groups is 1. The van der Waals surface area contributed by atoms with Crippen molar-refractivity contribution in [2.45, 2.75) is 31.4 Å². The van der Waals surface area contributed by atoms with Gasteiger partial charge in [-0.25, -0.2) is 9.48 Å².